The lowest BCUT2D eigenvalue weighted by atomic mass is 9.92. The Labute approximate surface area is 192 Å². The predicted molar refractivity (Wildman–Crippen MR) is 122 cm³/mol. The van der Waals surface area contributed by atoms with Crippen LogP contribution in [0, 0.1) is 0 Å². The van der Waals surface area contributed by atoms with Gasteiger partial charge in [0.25, 0.3) is 0 Å². The second-order valence-corrected chi connectivity index (χ2v) is 10.8. The van der Waals surface area contributed by atoms with Gasteiger partial charge in [0.1, 0.15) is 5.60 Å². The maximum absolute atomic E-state index is 12.2. The smallest absolute Gasteiger partial charge is 0.414 e. The highest BCUT2D eigenvalue weighted by Gasteiger charge is 2.41. The molecule has 0 radical (unpaired) electrons. The molecule has 168 valence electrons. The second kappa shape index (κ2) is 8.06. The summed E-state index contributed by atoms with van der Waals surface area (Å²) in [5.41, 5.74) is 2.75. The molecule has 0 aliphatic carbocycles. The first-order valence-electron chi connectivity index (χ1n) is 10.0. The topological polar surface area (TPSA) is 93.1 Å². The van der Waals surface area contributed by atoms with Crippen molar-refractivity contribution in [2.45, 2.75) is 64.9 Å². The summed E-state index contributed by atoms with van der Waals surface area (Å²) in [5.74, 6) is 0. The van der Waals surface area contributed by atoms with Gasteiger partial charge >= 0.3 is 6.09 Å². The Bertz CT molecular complexity index is 1000. The van der Waals surface area contributed by atoms with E-state index in [1.807, 2.05) is 40.7 Å². The molecule has 8 nitrogen and oxygen atoms in total. The van der Waals surface area contributed by atoms with Gasteiger partial charge in [-0.3, -0.25) is 4.90 Å². The number of aromatic nitrogens is 4. The molecule has 1 amide bonds. The lowest BCUT2D eigenvalue weighted by Gasteiger charge is -2.25. The molecule has 0 saturated carbocycles. The van der Waals surface area contributed by atoms with Gasteiger partial charge in [-0.15, -0.1) is 10.2 Å². The van der Waals surface area contributed by atoms with Crippen molar-refractivity contribution in [1.82, 2.24) is 20.4 Å². The maximum Gasteiger partial charge on any atom is 0.414 e. The molecule has 2 aromatic heterocycles. The van der Waals surface area contributed by atoms with E-state index in [1.165, 1.54) is 0 Å². The average Bonchev–Trinajstić information content (AvgIpc) is 3.07. The number of fused-ring (bicyclic) bond motifs is 2. The van der Waals surface area contributed by atoms with Crippen LogP contribution in [0.3, 0.4) is 0 Å². The summed E-state index contributed by atoms with van der Waals surface area (Å²) in [6.45, 7) is 15.2. The molecular weight excluding hydrogens is 439 g/mol. The van der Waals surface area contributed by atoms with E-state index in [-0.39, 0.29) is 22.1 Å². The standard InChI is InChI=1S/C13H18ClN3O2.C8H10ClN3/c1-12(2,3)19-11(18)17-7-13(4,5)10-8(17)6-9(14)15-16-10;1-8(2)4-10-5-3-6(9)11-12-7(5)8/h6H,7H2,1-5H3;3,10H,4H2,1-2H3. The van der Waals surface area contributed by atoms with Crippen molar-refractivity contribution in [3.8, 4) is 0 Å². The van der Waals surface area contributed by atoms with Crippen molar-refractivity contribution in [2.75, 3.05) is 23.3 Å². The molecule has 0 spiro atoms. The zero-order valence-electron chi connectivity index (χ0n) is 18.9. The molecule has 0 aromatic carbocycles. The van der Waals surface area contributed by atoms with E-state index in [4.69, 9.17) is 27.9 Å². The van der Waals surface area contributed by atoms with Crippen LogP contribution in [-0.4, -0.2) is 45.2 Å². The molecule has 0 unspecified atom stereocenters. The van der Waals surface area contributed by atoms with Crippen LogP contribution in [0.15, 0.2) is 12.1 Å². The number of ether oxygens (including phenoxy) is 1. The van der Waals surface area contributed by atoms with Crippen molar-refractivity contribution >= 4 is 40.7 Å². The SMILES string of the molecule is CC(C)(C)OC(=O)N1CC(C)(C)c2nnc(Cl)cc21.CC1(C)CNc2cc(Cl)nnc21. The molecule has 2 aliphatic rings. The van der Waals surface area contributed by atoms with Gasteiger partial charge in [0, 0.05) is 36.1 Å². The Morgan fingerprint density at radius 2 is 1.58 bits per heavy atom. The van der Waals surface area contributed by atoms with Crippen molar-refractivity contribution < 1.29 is 9.53 Å². The minimum absolute atomic E-state index is 0.0763. The number of carbonyl (C=O) groups excluding carboxylic acids is 1. The highest BCUT2D eigenvalue weighted by Crippen LogP contribution is 2.40. The first kappa shape index (κ1) is 23.5. The highest BCUT2D eigenvalue weighted by atomic mass is 35.5. The number of halogens is 2. The molecule has 1 N–H and O–H groups in total. The number of amides is 1. The predicted octanol–water partition coefficient (Wildman–Crippen LogP) is 5.00. The van der Waals surface area contributed by atoms with Crippen molar-refractivity contribution in [1.29, 1.82) is 0 Å². The Hall–Kier alpha value is -2.19. The number of anilines is 2. The van der Waals surface area contributed by atoms with Crippen LogP contribution in [0.5, 0.6) is 0 Å². The molecule has 2 aliphatic heterocycles. The zero-order valence-corrected chi connectivity index (χ0v) is 20.4. The van der Waals surface area contributed by atoms with Gasteiger partial charge < -0.3 is 10.1 Å². The van der Waals surface area contributed by atoms with Gasteiger partial charge in [-0.05, 0) is 20.8 Å². The third-order valence-corrected chi connectivity index (χ3v) is 5.34. The zero-order chi connectivity index (χ0) is 23.2. The molecule has 4 heterocycles. The van der Waals surface area contributed by atoms with Crippen LogP contribution in [0.2, 0.25) is 10.3 Å². The normalized spacial score (nSPS) is 17.8. The van der Waals surface area contributed by atoms with E-state index in [0.29, 0.717) is 17.4 Å². The molecule has 4 rings (SSSR count). The lowest BCUT2D eigenvalue weighted by Crippen LogP contribution is -2.38. The molecule has 10 heteroatoms. The van der Waals surface area contributed by atoms with Crippen LogP contribution in [0.4, 0.5) is 16.2 Å². The minimum Gasteiger partial charge on any atom is -0.443 e. The summed E-state index contributed by atoms with van der Waals surface area (Å²) < 4.78 is 5.41. The molecule has 0 saturated heterocycles. The van der Waals surface area contributed by atoms with Gasteiger partial charge in [0.05, 0.1) is 22.8 Å². The molecule has 0 bridgehead atoms. The van der Waals surface area contributed by atoms with Crippen LogP contribution in [0.1, 0.15) is 59.9 Å². The molecule has 31 heavy (non-hydrogen) atoms. The summed E-state index contributed by atoms with van der Waals surface area (Å²) in [4.78, 5) is 13.8. The first-order valence-corrected chi connectivity index (χ1v) is 10.8. The van der Waals surface area contributed by atoms with Gasteiger partial charge in [-0.2, -0.15) is 10.2 Å². The molecule has 2 aromatic rings. The Kier molecular flexibility index (Phi) is 6.10. The summed E-state index contributed by atoms with van der Waals surface area (Å²) in [6.07, 6.45) is -0.386. The second-order valence-electron chi connectivity index (χ2n) is 10.0. The van der Waals surface area contributed by atoms with Crippen LogP contribution < -0.4 is 10.2 Å². The Morgan fingerprint density at radius 1 is 1.00 bits per heavy atom. The fraction of sp³-hybridized carbons (Fsp3) is 0.571. The van der Waals surface area contributed by atoms with Crippen molar-refractivity contribution in [2.24, 2.45) is 0 Å². The number of nitrogens with one attached hydrogen (secondary N) is 1. The number of hydrogen-bond acceptors (Lipinski definition) is 7. The third-order valence-electron chi connectivity index (χ3n) is 4.97. The number of carbonyl (C=O) groups is 1. The first-order chi connectivity index (χ1) is 14.2. The van der Waals surface area contributed by atoms with E-state index in [0.717, 1.165) is 23.6 Å². The van der Waals surface area contributed by atoms with Crippen molar-refractivity contribution in [3.63, 3.8) is 0 Å². The third kappa shape index (κ3) is 5.18. The molecule has 0 atom stereocenters. The monoisotopic (exact) mass is 466 g/mol. The molecular formula is C21H28Cl2N6O2. The summed E-state index contributed by atoms with van der Waals surface area (Å²) in [6, 6.07) is 3.47. The van der Waals surface area contributed by atoms with E-state index in [2.05, 4.69) is 39.6 Å². The van der Waals surface area contributed by atoms with Gasteiger partial charge in [0.2, 0.25) is 0 Å². The van der Waals surface area contributed by atoms with Gasteiger partial charge in [-0.25, -0.2) is 4.79 Å². The van der Waals surface area contributed by atoms with E-state index < -0.39 is 5.60 Å². The fourth-order valence-corrected chi connectivity index (χ4v) is 3.77. The number of hydrogen-bond donors (Lipinski definition) is 1. The van der Waals surface area contributed by atoms with Crippen LogP contribution in [-0.2, 0) is 15.6 Å². The van der Waals surface area contributed by atoms with Crippen LogP contribution >= 0.6 is 23.2 Å². The quantitative estimate of drug-likeness (QED) is 0.583. The van der Waals surface area contributed by atoms with E-state index in [1.54, 1.807) is 11.0 Å². The number of rotatable bonds is 0. The Balaban J connectivity index is 0.000000194. The van der Waals surface area contributed by atoms with Gasteiger partial charge in [0.15, 0.2) is 10.3 Å². The highest BCUT2D eigenvalue weighted by molar-refractivity contribution is 6.30. The summed E-state index contributed by atoms with van der Waals surface area (Å²) in [7, 11) is 0. The lowest BCUT2D eigenvalue weighted by molar-refractivity contribution is 0.0579. The van der Waals surface area contributed by atoms with Crippen LogP contribution in [0.25, 0.3) is 0 Å². The Morgan fingerprint density at radius 3 is 2.19 bits per heavy atom. The van der Waals surface area contributed by atoms with E-state index in [9.17, 15) is 4.79 Å². The maximum atomic E-state index is 12.2. The largest absolute Gasteiger partial charge is 0.443 e. The van der Waals surface area contributed by atoms with Crippen molar-refractivity contribution in [3.05, 3.63) is 33.8 Å². The number of nitrogens with zero attached hydrogens (tertiary/aromatic N) is 5. The minimum atomic E-state index is -0.533. The summed E-state index contributed by atoms with van der Waals surface area (Å²) in [5, 5.41) is 19.8. The van der Waals surface area contributed by atoms with E-state index >= 15 is 0 Å². The van der Waals surface area contributed by atoms with Gasteiger partial charge in [-0.1, -0.05) is 50.9 Å². The average molecular weight is 467 g/mol. The molecule has 0 fully saturated rings. The summed E-state index contributed by atoms with van der Waals surface area (Å²) >= 11 is 11.6. The fourth-order valence-electron chi connectivity index (χ4n) is 3.48.